The number of aliphatic hydroxyl groups excluding tert-OH is 1. The molecule has 15 heavy (non-hydrogen) atoms. The molecule has 0 radical (unpaired) electrons. The zero-order valence-corrected chi connectivity index (χ0v) is 8.76. The van der Waals surface area contributed by atoms with Gasteiger partial charge in [0.15, 0.2) is 0 Å². The number of carbonyl (C=O) groups excluding carboxylic acids is 1. The summed E-state index contributed by atoms with van der Waals surface area (Å²) in [7, 11) is 1.78. The second kappa shape index (κ2) is 4.02. The largest absolute Gasteiger partial charge is 0.394 e. The monoisotopic (exact) mass is 209 g/mol. The predicted octanol–water partition coefficient (Wildman–Crippen LogP) is 0.0170. The minimum atomic E-state index is -0.0767. The maximum atomic E-state index is 12.0. The molecule has 0 saturated carbocycles. The Bertz CT molecular complexity index is 361. The van der Waals surface area contributed by atoms with Gasteiger partial charge in [0.1, 0.15) is 5.69 Å². The number of carbonyl (C=O) groups is 1. The molecule has 1 saturated heterocycles. The first-order chi connectivity index (χ1) is 7.22. The van der Waals surface area contributed by atoms with Crippen LogP contribution in [0.2, 0.25) is 0 Å². The molecule has 5 nitrogen and oxygen atoms in total. The Balaban J connectivity index is 2.13. The Kier molecular flexibility index (Phi) is 2.73. The molecule has 2 rings (SSSR count). The van der Waals surface area contributed by atoms with E-state index < -0.39 is 0 Å². The van der Waals surface area contributed by atoms with Gasteiger partial charge in [0.05, 0.1) is 12.6 Å². The molecule has 5 heteroatoms. The van der Waals surface area contributed by atoms with Crippen LogP contribution in [0.15, 0.2) is 12.3 Å². The van der Waals surface area contributed by atoms with Gasteiger partial charge in [0.25, 0.3) is 5.91 Å². The second-order valence-electron chi connectivity index (χ2n) is 3.85. The highest BCUT2D eigenvalue weighted by atomic mass is 16.3. The summed E-state index contributed by atoms with van der Waals surface area (Å²) in [5.74, 6) is -0.0767. The van der Waals surface area contributed by atoms with Crippen molar-refractivity contribution >= 4 is 5.91 Å². The van der Waals surface area contributed by atoms with Gasteiger partial charge < -0.3 is 10.0 Å². The molecule has 0 bridgehead atoms. The van der Waals surface area contributed by atoms with Crippen LogP contribution in [0, 0.1) is 0 Å². The molecular weight excluding hydrogens is 194 g/mol. The molecule has 1 amide bonds. The third kappa shape index (κ3) is 1.87. The molecule has 0 spiro atoms. The highest BCUT2D eigenvalue weighted by molar-refractivity contribution is 5.92. The SMILES string of the molecule is Cn1ccc(C(=O)N2CCC[C@@H]2CO)n1. The van der Waals surface area contributed by atoms with Gasteiger partial charge in [-0.2, -0.15) is 5.10 Å². The maximum absolute atomic E-state index is 12.0. The number of hydrogen-bond acceptors (Lipinski definition) is 3. The summed E-state index contributed by atoms with van der Waals surface area (Å²) in [6, 6.07) is 1.68. The number of aryl methyl sites for hydroxylation is 1. The number of aromatic nitrogens is 2. The summed E-state index contributed by atoms with van der Waals surface area (Å²) in [6.45, 7) is 0.763. The van der Waals surface area contributed by atoms with E-state index in [0.29, 0.717) is 5.69 Å². The predicted molar refractivity (Wildman–Crippen MR) is 54.4 cm³/mol. The van der Waals surface area contributed by atoms with Crippen molar-refractivity contribution in [3.05, 3.63) is 18.0 Å². The first-order valence-electron chi connectivity index (χ1n) is 5.14. The van der Waals surface area contributed by atoms with Crippen molar-refractivity contribution in [3.63, 3.8) is 0 Å². The highest BCUT2D eigenvalue weighted by Crippen LogP contribution is 2.18. The fourth-order valence-corrected chi connectivity index (χ4v) is 1.97. The molecular formula is C10H15N3O2. The minimum absolute atomic E-state index is 0.0282. The van der Waals surface area contributed by atoms with Crippen molar-refractivity contribution in [1.82, 2.24) is 14.7 Å². The lowest BCUT2D eigenvalue weighted by molar-refractivity contribution is 0.0671. The van der Waals surface area contributed by atoms with Crippen LogP contribution < -0.4 is 0 Å². The molecule has 0 aliphatic carbocycles. The lowest BCUT2D eigenvalue weighted by atomic mass is 10.2. The third-order valence-electron chi connectivity index (χ3n) is 2.78. The summed E-state index contributed by atoms with van der Waals surface area (Å²) in [5.41, 5.74) is 0.456. The maximum Gasteiger partial charge on any atom is 0.274 e. The van der Waals surface area contributed by atoms with Gasteiger partial charge in [0, 0.05) is 19.8 Å². The summed E-state index contributed by atoms with van der Waals surface area (Å²) < 4.78 is 1.61. The third-order valence-corrected chi connectivity index (χ3v) is 2.78. The fourth-order valence-electron chi connectivity index (χ4n) is 1.97. The van der Waals surface area contributed by atoms with Crippen molar-refractivity contribution < 1.29 is 9.90 Å². The van der Waals surface area contributed by atoms with Gasteiger partial charge in [-0.25, -0.2) is 0 Å². The molecule has 82 valence electrons. The van der Waals surface area contributed by atoms with Crippen LogP contribution in [0.4, 0.5) is 0 Å². The van der Waals surface area contributed by atoms with Crippen LogP contribution in [0.5, 0.6) is 0 Å². The van der Waals surface area contributed by atoms with Gasteiger partial charge >= 0.3 is 0 Å². The molecule has 0 unspecified atom stereocenters. The van der Waals surface area contributed by atoms with Gasteiger partial charge in [0.2, 0.25) is 0 Å². The number of hydrogen-bond donors (Lipinski definition) is 1. The van der Waals surface area contributed by atoms with Crippen molar-refractivity contribution in [3.8, 4) is 0 Å². The average Bonchev–Trinajstić information content (AvgIpc) is 2.84. The Morgan fingerprint density at radius 2 is 2.53 bits per heavy atom. The van der Waals surface area contributed by atoms with E-state index in [0.717, 1.165) is 19.4 Å². The van der Waals surface area contributed by atoms with Crippen LogP contribution in [0.1, 0.15) is 23.3 Å². The summed E-state index contributed by atoms with van der Waals surface area (Å²) >= 11 is 0. The van der Waals surface area contributed by atoms with Crippen LogP contribution in [-0.2, 0) is 7.05 Å². The molecule has 1 atom stereocenters. The first kappa shape index (κ1) is 10.2. The standard InChI is InChI=1S/C10H15N3O2/c1-12-6-4-9(11-12)10(15)13-5-2-3-8(13)7-14/h4,6,8,14H,2-3,5,7H2,1H3/t8-/m1/s1. The summed E-state index contributed by atoms with van der Waals surface area (Å²) in [4.78, 5) is 13.7. The molecule has 2 heterocycles. The highest BCUT2D eigenvalue weighted by Gasteiger charge is 2.29. The Morgan fingerprint density at radius 3 is 3.13 bits per heavy atom. The number of rotatable bonds is 2. The molecule has 1 aliphatic rings. The van der Waals surface area contributed by atoms with Gasteiger partial charge in [-0.1, -0.05) is 0 Å². The fraction of sp³-hybridized carbons (Fsp3) is 0.600. The van der Waals surface area contributed by atoms with Gasteiger partial charge in [-0.15, -0.1) is 0 Å². The van der Waals surface area contributed by atoms with Crippen LogP contribution in [0.3, 0.4) is 0 Å². The number of likely N-dealkylation sites (tertiary alicyclic amines) is 1. The number of nitrogens with zero attached hydrogens (tertiary/aromatic N) is 3. The molecule has 1 aromatic heterocycles. The smallest absolute Gasteiger partial charge is 0.274 e. The summed E-state index contributed by atoms with van der Waals surface area (Å²) in [6.07, 6.45) is 3.59. The second-order valence-corrected chi connectivity index (χ2v) is 3.85. The lowest BCUT2D eigenvalue weighted by Crippen LogP contribution is -2.37. The van der Waals surface area contributed by atoms with E-state index in [2.05, 4.69) is 5.10 Å². The topological polar surface area (TPSA) is 58.4 Å². The van der Waals surface area contributed by atoms with E-state index in [1.165, 1.54) is 0 Å². The van der Waals surface area contributed by atoms with Gasteiger partial charge in [-0.3, -0.25) is 9.48 Å². The van der Waals surface area contributed by atoms with E-state index >= 15 is 0 Å². The van der Waals surface area contributed by atoms with E-state index in [1.54, 1.807) is 28.9 Å². The minimum Gasteiger partial charge on any atom is -0.394 e. The summed E-state index contributed by atoms with van der Waals surface area (Å²) in [5, 5.41) is 13.2. The number of aliphatic hydroxyl groups is 1. The van der Waals surface area contributed by atoms with E-state index in [4.69, 9.17) is 5.11 Å². The molecule has 1 fully saturated rings. The molecule has 1 aliphatic heterocycles. The van der Waals surface area contributed by atoms with E-state index in [1.807, 2.05) is 0 Å². The van der Waals surface area contributed by atoms with Crippen molar-refractivity contribution in [2.75, 3.05) is 13.2 Å². The molecule has 1 aromatic rings. The normalized spacial score (nSPS) is 20.9. The van der Waals surface area contributed by atoms with Crippen LogP contribution in [-0.4, -0.2) is 44.9 Å². The molecule has 0 aromatic carbocycles. The zero-order valence-electron chi connectivity index (χ0n) is 8.76. The van der Waals surface area contributed by atoms with Crippen LogP contribution >= 0.6 is 0 Å². The quantitative estimate of drug-likeness (QED) is 0.747. The first-order valence-corrected chi connectivity index (χ1v) is 5.14. The van der Waals surface area contributed by atoms with Crippen LogP contribution in [0.25, 0.3) is 0 Å². The number of amides is 1. The Morgan fingerprint density at radius 1 is 1.73 bits per heavy atom. The zero-order chi connectivity index (χ0) is 10.8. The van der Waals surface area contributed by atoms with Crippen molar-refractivity contribution in [2.45, 2.75) is 18.9 Å². The lowest BCUT2D eigenvalue weighted by Gasteiger charge is -2.21. The van der Waals surface area contributed by atoms with Crippen molar-refractivity contribution in [2.24, 2.45) is 7.05 Å². The Hall–Kier alpha value is -1.36. The Labute approximate surface area is 88.3 Å². The van der Waals surface area contributed by atoms with E-state index in [-0.39, 0.29) is 18.6 Å². The van der Waals surface area contributed by atoms with Crippen molar-refractivity contribution in [1.29, 1.82) is 0 Å². The average molecular weight is 209 g/mol. The molecule has 1 N–H and O–H groups in total. The van der Waals surface area contributed by atoms with E-state index in [9.17, 15) is 4.79 Å². The van der Waals surface area contributed by atoms with Gasteiger partial charge in [-0.05, 0) is 18.9 Å².